The summed E-state index contributed by atoms with van der Waals surface area (Å²) in [4.78, 5) is 13.8. The molecule has 1 aromatic carbocycles. The van der Waals surface area contributed by atoms with Crippen LogP contribution >= 0.6 is 0 Å². The molecule has 1 aliphatic heterocycles. The number of carbonyl (C=O) groups excluding carboxylic acids is 1. The zero-order valence-corrected chi connectivity index (χ0v) is 13.7. The summed E-state index contributed by atoms with van der Waals surface area (Å²) >= 11 is 0. The van der Waals surface area contributed by atoms with Gasteiger partial charge < -0.3 is 10.6 Å². The summed E-state index contributed by atoms with van der Waals surface area (Å²) in [5.74, 6) is -0.816. The van der Waals surface area contributed by atoms with Gasteiger partial charge in [-0.15, -0.1) is 0 Å². The lowest BCUT2D eigenvalue weighted by Gasteiger charge is -2.41. The van der Waals surface area contributed by atoms with Gasteiger partial charge in [-0.05, 0) is 43.4 Å². The second-order valence-corrected chi connectivity index (χ2v) is 7.11. The second kappa shape index (κ2) is 6.16. The van der Waals surface area contributed by atoms with Gasteiger partial charge in [0, 0.05) is 30.7 Å². The molecule has 2 aliphatic rings. The summed E-state index contributed by atoms with van der Waals surface area (Å²) in [6.07, 6.45) is 8.11. The monoisotopic (exact) mass is 330 g/mol. The molecular weight excluding hydrogens is 307 g/mol. The maximum absolute atomic E-state index is 13.8. The van der Waals surface area contributed by atoms with Gasteiger partial charge in [-0.2, -0.15) is 5.10 Å². The minimum atomic E-state index is -0.467. The normalized spacial score (nSPS) is 20.4. The van der Waals surface area contributed by atoms with Gasteiger partial charge in [0.2, 0.25) is 5.91 Å². The topological polar surface area (TPSA) is 64.2 Å². The van der Waals surface area contributed by atoms with Crippen LogP contribution in [0.15, 0.2) is 18.3 Å². The van der Waals surface area contributed by atoms with E-state index in [-0.39, 0.29) is 12.2 Å². The first-order valence-corrected chi connectivity index (χ1v) is 8.80. The number of aromatic nitrogens is 2. The van der Waals surface area contributed by atoms with Crippen LogP contribution in [0.25, 0.3) is 10.9 Å². The molecule has 4 rings (SSSR count). The molecule has 5 nitrogen and oxygen atoms in total. The Morgan fingerprint density at radius 2 is 1.96 bits per heavy atom. The number of piperidine rings is 1. The molecular formula is C18H23FN4O. The van der Waals surface area contributed by atoms with Crippen LogP contribution in [0.3, 0.4) is 0 Å². The van der Waals surface area contributed by atoms with Crippen molar-refractivity contribution in [3.05, 3.63) is 29.7 Å². The highest BCUT2D eigenvalue weighted by molar-refractivity contribution is 5.87. The van der Waals surface area contributed by atoms with Gasteiger partial charge in [0.05, 0.1) is 18.0 Å². The fourth-order valence-electron chi connectivity index (χ4n) is 3.96. The molecule has 0 unspecified atom stereocenters. The molecule has 2 fully saturated rings. The molecule has 2 N–H and O–H groups in total. The molecule has 2 heterocycles. The zero-order chi connectivity index (χ0) is 16.7. The number of nitrogens with two attached hydrogens (primary N) is 1. The molecule has 0 radical (unpaired) electrons. The number of primary amides is 1. The van der Waals surface area contributed by atoms with E-state index in [1.807, 2.05) is 10.9 Å². The third kappa shape index (κ3) is 2.90. The Morgan fingerprint density at radius 3 is 2.58 bits per heavy atom. The van der Waals surface area contributed by atoms with Gasteiger partial charge in [0.25, 0.3) is 0 Å². The number of amides is 1. The van der Waals surface area contributed by atoms with Gasteiger partial charge >= 0.3 is 0 Å². The number of hydrogen-bond acceptors (Lipinski definition) is 3. The molecule has 24 heavy (non-hydrogen) atoms. The smallest absolute Gasteiger partial charge is 0.221 e. The minimum absolute atomic E-state index is 0.0192. The van der Waals surface area contributed by atoms with Crippen LogP contribution in [0.4, 0.5) is 4.39 Å². The third-order valence-electron chi connectivity index (χ3n) is 5.50. The quantitative estimate of drug-likeness (QED) is 0.936. The molecule has 1 saturated heterocycles. The Kier molecular flexibility index (Phi) is 4.00. The number of benzene rings is 1. The standard InChI is InChI=1S/C18H23FN4O/c19-14-8-12(10-17(20)24)18-13(9-14)11-23(21-18)16-4-6-22(7-5-16)15-2-1-3-15/h8-9,11,15-16H,1-7,10H2,(H2,20,24). The number of rotatable bonds is 4. The Bertz CT molecular complexity index is 760. The molecule has 0 atom stereocenters. The first-order valence-electron chi connectivity index (χ1n) is 8.80. The molecule has 1 amide bonds. The van der Waals surface area contributed by atoms with Crippen molar-refractivity contribution in [2.75, 3.05) is 13.1 Å². The minimum Gasteiger partial charge on any atom is -0.369 e. The van der Waals surface area contributed by atoms with Crippen LogP contribution < -0.4 is 5.73 Å². The van der Waals surface area contributed by atoms with E-state index in [0.717, 1.165) is 37.4 Å². The third-order valence-corrected chi connectivity index (χ3v) is 5.50. The van der Waals surface area contributed by atoms with Gasteiger partial charge in [0.1, 0.15) is 5.82 Å². The van der Waals surface area contributed by atoms with E-state index >= 15 is 0 Å². The van der Waals surface area contributed by atoms with Crippen molar-refractivity contribution in [1.29, 1.82) is 0 Å². The highest BCUT2D eigenvalue weighted by Gasteiger charge is 2.29. The Balaban J connectivity index is 1.55. The largest absolute Gasteiger partial charge is 0.369 e. The molecule has 128 valence electrons. The number of halogens is 1. The van der Waals surface area contributed by atoms with Crippen LogP contribution in [-0.4, -0.2) is 39.7 Å². The fraction of sp³-hybridized carbons (Fsp3) is 0.556. The van der Waals surface area contributed by atoms with Crippen molar-refractivity contribution in [3.63, 3.8) is 0 Å². The van der Waals surface area contributed by atoms with Crippen LogP contribution in [0.1, 0.15) is 43.7 Å². The SMILES string of the molecule is NC(=O)Cc1cc(F)cc2cn(C3CCN(C4CCC4)CC3)nc12. The van der Waals surface area contributed by atoms with E-state index in [4.69, 9.17) is 5.73 Å². The lowest BCUT2D eigenvalue weighted by atomic mass is 9.89. The predicted molar refractivity (Wildman–Crippen MR) is 90.1 cm³/mol. The lowest BCUT2D eigenvalue weighted by molar-refractivity contribution is -0.117. The van der Waals surface area contributed by atoms with Crippen molar-refractivity contribution in [2.24, 2.45) is 5.73 Å². The van der Waals surface area contributed by atoms with E-state index < -0.39 is 5.91 Å². The van der Waals surface area contributed by atoms with Gasteiger partial charge in [-0.25, -0.2) is 4.39 Å². The number of likely N-dealkylation sites (tertiary alicyclic amines) is 1. The predicted octanol–water partition coefficient (Wildman–Crippen LogP) is 2.39. The van der Waals surface area contributed by atoms with Gasteiger partial charge in [-0.1, -0.05) is 6.42 Å². The molecule has 0 bridgehead atoms. The Morgan fingerprint density at radius 1 is 1.21 bits per heavy atom. The molecule has 1 saturated carbocycles. The van der Waals surface area contributed by atoms with Gasteiger partial charge in [-0.3, -0.25) is 9.48 Å². The molecule has 2 aromatic rings. The summed E-state index contributed by atoms with van der Waals surface area (Å²) in [5, 5.41) is 5.40. The van der Waals surface area contributed by atoms with Crippen molar-refractivity contribution in [1.82, 2.24) is 14.7 Å². The Labute approximate surface area is 140 Å². The van der Waals surface area contributed by atoms with Crippen LogP contribution in [0, 0.1) is 5.82 Å². The number of fused-ring (bicyclic) bond motifs is 1. The molecule has 0 spiro atoms. The van der Waals surface area contributed by atoms with E-state index in [1.54, 1.807) is 0 Å². The molecule has 1 aliphatic carbocycles. The van der Waals surface area contributed by atoms with Crippen LogP contribution in [0.5, 0.6) is 0 Å². The maximum Gasteiger partial charge on any atom is 0.221 e. The number of hydrogen-bond donors (Lipinski definition) is 1. The van der Waals surface area contributed by atoms with Crippen molar-refractivity contribution in [2.45, 2.75) is 50.6 Å². The summed E-state index contributed by atoms with van der Waals surface area (Å²) in [5.41, 5.74) is 6.54. The van der Waals surface area contributed by atoms with Crippen molar-refractivity contribution >= 4 is 16.8 Å². The second-order valence-electron chi connectivity index (χ2n) is 7.11. The highest BCUT2D eigenvalue weighted by Crippen LogP contribution is 2.31. The van der Waals surface area contributed by atoms with Crippen molar-refractivity contribution < 1.29 is 9.18 Å². The van der Waals surface area contributed by atoms with E-state index in [1.165, 1.54) is 31.4 Å². The van der Waals surface area contributed by atoms with E-state index in [9.17, 15) is 9.18 Å². The first kappa shape index (κ1) is 15.6. The summed E-state index contributed by atoms with van der Waals surface area (Å²) < 4.78 is 15.8. The average molecular weight is 330 g/mol. The van der Waals surface area contributed by atoms with E-state index in [2.05, 4.69) is 10.00 Å². The maximum atomic E-state index is 13.8. The highest BCUT2D eigenvalue weighted by atomic mass is 19.1. The first-order chi connectivity index (χ1) is 11.6. The van der Waals surface area contributed by atoms with E-state index in [0.29, 0.717) is 17.1 Å². The van der Waals surface area contributed by atoms with Gasteiger partial charge in [0.15, 0.2) is 0 Å². The zero-order valence-electron chi connectivity index (χ0n) is 13.7. The summed E-state index contributed by atoms with van der Waals surface area (Å²) in [7, 11) is 0. The fourth-order valence-corrected chi connectivity index (χ4v) is 3.96. The Hall–Kier alpha value is -1.95. The summed E-state index contributed by atoms with van der Waals surface area (Å²) in [6.45, 7) is 2.21. The van der Waals surface area contributed by atoms with Crippen LogP contribution in [0.2, 0.25) is 0 Å². The average Bonchev–Trinajstić information content (AvgIpc) is 2.89. The lowest BCUT2D eigenvalue weighted by Crippen LogP contribution is -2.45. The number of nitrogens with zero attached hydrogens (tertiary/aromatic N) is 3. The molecule has 6 heteroatoms. The van der Waals surface area contributed by atoms with Crippen molar-refractivity contribution in [3.8, 4) is 0 Å². The summed E-state index contributed by atoms with van der Waals surface area (Å²) in [6, 6.07) is 3.98. The molecule has 1 aromatic heterocycles. The number of carbonyl (C=O) groups is 1. The van der Waals surface area contributed by atoms with Crippen LogP contribution in [-0.2, 0) is 11.2 Å².